The number of quaternary nitrogens is 3. The standard InChI is InChI=1S/C10H24NO7P.C9H20NO6P.C7H18NO4P/c1-11(2,3)4-5-17-19(14,15)18-7-6-16-9-10(13)8-12;1-10(2,3)4-6-15-17(12,13)16-9-8-14-7-5-11;1-5-11-13(9,10)12-7-6-8(2,3)4/h10,12-13H,4-9H2,1-3H3;5H,4,6-9H2,1-3H3;5-7H2,1-4H3/p+2. The van der Waals surface area contributed by atoms with Gasteiger partial charge in [-0.3, -0.25) is 22.7 Å². The number of aldehydes is 1. The minimum atomic E-state index is -4.05. The molecule has 0 aromatic carbocycles. The topological polar surface area (TPSA) is 246 Å². The predicted molar refractivity (Wildman–Crippen MR) is 178 cm³/mol. The average molecular weight is 784 g/mol. The highest BCUT2D eigenvalue weighted by Gasteiger charge is 2.23. The van der Waals surface area contributed by atoms with Crippen molar-refractivity contribution in [3.8, 4) is 0 Å². The van der Waals surface area contributed by atoms with Gasteiger partial charge in [-0.05, 0) is 6.92 Å². The Kier molecular flexibility index (Phi) is 29.6. The molecule has 298 valence electrons. The van der Waals surface area contributed by atoms with Crippen molar-refractivity contribution in [3.05, 3.63) is 0 Å². The molecule has 0 saturated carbocycles. The molecule has 0 aliphatic carbocycles. The van der Waals surface area contributed by atoms with E-state index in [9.17, 15) is 33.2 Å². The van der Waals surface area contributed by atoms with E-state index in [1.165, 1.54) is 0 Å². The van der Waals surface area contributed by atoms with E-state index in [1.807, 2.05) is 63.4 Å². The van der Waals surface area contributed by atoms with Crippen LogP contribution < -0.4 is 4.89 Å². The highest BCUT2D eigenvalue weighted by atomic mass is 31.2. The Balaban J connectivity index is -0.000000659. The number of hydrogen-bond donors (Lipinski definition) is 4. The molecule has 0 aliphatic heterocycles. The van der Waals surface area contributed by atoms with Crippen LogP contribution in [-0.2, 0) is 55.1 Å². The fraction of sp³-hybridized carbons (Fsp3) is 0.962. The molecule has 0 radical (unpaired) electrons. The first-order chi connectivity index (χ1) is 22.2. The van der Waals surface area contributed by atoms with Gasteiger partial charge in [0.25, 0.3) is 7.82 Å². The van der Waals surface area contributed by atoms with Crippen LogP contribution >= 0.6 is 23.5 Å². The molecule has 0 spiro atoms. The number of rotatable bonds is 27. The van der Waals surface area contributed by atoms with Gasteiger partial charge in [0.15, 0.2) is 0 Å². The van der Waals surface area contributed by atoms with E-state index in [0.29, 0.717) is 39.4 Å². The van der Waals surface area contributed by atoms with Crippen LogP contribution in [0, 0.1) is 0 Å². The lowest BCUT2D eigenvalue weighted by atomic mass is 10.4. The number of aliphatic hydroxyl groups is 2. The van der Waals surface area contributed by atoms with E-state index < -0.39 is 36.2 Å². The van der Waals surface area contributed by atoms with Gasteiger partial charge >= 0.3 is 15.6 Å². The number of hydrogen-bond acceptors (Lipinski definition) is 15. The van der Waals surface area contributed by atoms with E-state index in [4.69, 9.17) is 28.7 Å². The summed E-state index contributed by atoms with van der Waals surface area (Å²) in [6.45, 7) is 3.29. The van der Waals surface area contributed by atoms with Crippen molar-refractivity contribution >= 4 is 29.8 Å². The molecule has 23 heteroatoms. The van der Waals surface area contributed by atoms with Crippen molar-refractivity contribution in [2.24, 2.45) is 0 Å². The third kappa shape index (κ3) is 45.7. The summed E-state index contributed by atoms with van der Waals surface area (Å²) in [5, 5.41) is 17.5. The first kappa shape index (κ1) is 53.1. The fourth-order valence-electron chi connectivity index (χ4n) is 2.38. The van der Waals surface area contributed by atoms with Crippen molar-refractivity contribution < 1.29 is 93.4 Å². The lowest BCUT2D eigenvalue weighted by Gasteiger charge is -2.26. The van der Waals surface area contributed by atoms with Gasteiger partial charge < -0.3 is 61.7 Å². The molecule has 4 unspecified atom stereocenters. The third-order valence-corrected chi connectivity index (χ3v) is 8.11. The van der Waals surface area contributed by atoms with Crippen molar-refractivity contribution in [2.75, 3.05) is 156 Å². The average Bonchev–Trinajstić information content (AvgIpc) is 2.90. The summed E-state index contributed by atoms with van der Waals surface area (Å²) in [6, 6.07) is 0. The first-order valence-corrected chi connectivity index (χ1v) is 19.8. The Morgan fingerprint density at radius 3 is 1.35 bits per heavy atom. The summed E-state index contributed by atoms with van der Waals surface area (Å²) in [5.74, 6) is 0. The molecule has 0 aromatic heterocycles. The summed E-state index contributed by atoms with van der Waals surface area (Å²) >= 11 is 0. The molecular formula is C26H64N3O17P3+2. The fourth-order valence-corrected chi connectivity index (χ4v) is 4.46. The van der Waals surface area contributed by atoms with E-state index >= 15 is 0 Å². The van der Waals surface area contributed by atoms with Gasteiger partial charge in [-0.1, -0.05) is 0 Å². The summed E-state index contributed by atoms with van der Waals surface area (Å²) in [5.41, 5.74) is 0. The highest BCUT2D eigenvalue weighted by Crippen LogP contribution is 2.43. The number of nitrogens with zero attached hydrogens (tertiary/aromatic N) is 3. The zero-order valence-corrected chi connectivity index (χ0v) is 33.5. The van der Waals surface area contributed by atoms with Crippen molar-refractivity contribution in [1.82, 2.24) is 0 Å². The van der Waals surface area contributed by atoms with Crippen LogP contribution in [0.15, 0.2) is 0 Å². The molecule has 0 amide bonds. The quantitative estimate of drug-likeness (QED) is 0.0353. The number of carbonyl (C=O) groups is 1. The van der Waals surface area contributed by atoms with E-state index in [0.717, 1.165) is 0 Å². The maximum absolute atomic E-state index is 11.4. The second-order valence-electron chi connectivity index (χ2n) is 13.2. The van der Waals surface area contributed by atoms with Crippen LogP contribution in [-0.4, -0.2) is 202 Å². The van der Waals surface area contributed by atoms with Crippen LogP contribution in [0.2, 0.25) is 0 Å². The minimum absolute atomic E-state index is 0.0281. The van der Waals surface area contributed by atoms with Gasteiger partial charge in [0, 0.05) is 0 Å². The first-order valence-electron chi connectivity index (χ1n) is 15.3. The molecule has 0 fully saturated rings. The lowest BCUT2D eigenvalue weighted by Crippen LogP contribution is -2.37. The normalized spacial score (nSPS) is 16.6. The number of likely N-dealkylation sites (N-methyl/N-ethyl adjacent to an activating group) is 3. The molecule has 49 heavy (non-hydrogen) atoms. The molecule has 0 aromatic rings. The predicted octanol–water partition coefficient (Wildman–Crippen LogP) is -0.548. The Morgan fingerprint density at radius 2 is 1.00 bits per heavy atom. The zero-order valence-electron chi connectivity index (χ0n) is 30.8. The Labute approximate surface area is 291 Å². The SMILES string of the molecule is CCOP(=O)([O-])OCC[N+](C)(C)C.C[N+](C)(C)CCOP(=O)(O)OCCOCC(O)CO.C[N+](C)(C)CCOP(=O)(O)OCCOCC=O. The molecule has 0 saturated heterocycles. The number of phosphoric acid groups is 3. The van der Waals surface area contributed by atoms with Crippen LogP contribution in [0.3, 0.4) is 0 Å². The zero-order chi connectivity index (χ0) is 38.8. The number of carbonyl (C=O) groups excluding carboxylic acids is 1. The highest BCUT2D eigenvalue weighted by molar-refractivity contribution is 7.47. The smallest absolute Gasteiger partial charge is 0.472 e. The summed E-state index contributed by atoms with van der Waals surface area (Å²) < 4.78 is 73.1. The van der Waals surface area contributed by atoms with Gasteiger partial charge in [-0.25, -0.2) is 9.13 Å². The van der Waals surface area contributed by atoms with Gasteiger partial charge in [0.2, 0.25) is 0 Å². The van der Waals surface area contributed by atoms with Gasteiger partial charge in [0.1, 0.15) is 58.5 Å². The van der Waals surface area contributed by atoms with Gasteiger partial charge in [0.05, 0.1) is 110 Å². The van der Waals surface area contributed by atoms with Crippen molar-refractivity contribution in [2.45, 2.75) is 13.0 Å². The Hall–Kier alpha value is -0.280. The Morgan fingerprint density at radius 1 is 0.633 bits per heavy atom. The second kappa shape index (κ2) is 27.3. The molecule has 0 bridgehead atoms. The van der Waals surface area contributed by atoms with E-state index in [1.54, 1.807) is 6.92 Å². The van der Waals surface area contributed by atoms with E-state index in [2.05, 4.69) is 18.1 Å². The van der Waals surface area contributed by atoms with Crippen LogP contribution in [0.1, 0.15) is 6.92 Å². The number of phosphoric ester groups is 3. The maximum atomic E-state index is 11.4. The number of aliphatic hydroxyl groups excluding tert-OH is 2. The van der Waals surface area contributed by atoms with Crippen LogP contribution in [0.4, 0.5) is 0 Å². The Bertz CT molecular complexity index is 975. The van der Waals surface area contributed by atoms with Crippen LogP contribution in [0.5, 0.6) is 0 Å². The minimum Gasteiger partial charge on any atom is -0.756 e. The van der Waals surface area contributed by atoms with Crippen molar-refractivity contribution in [1.29, 1.82) is 0 Å². The third-order valence-electron chi connectivity index (χ3n) is 5.00. The summed E-state index contributed by atoms with van der Waals surface area (Å²) in [7, 11) is 5.42. The summed E-state index contributed by atoms with van der Waals surface area (Å²) in [6.07, 6.45) is -0.363. The van der Waals surface area contributed by atoms with Gasteiger partial charge in [-0.2, -0.15) is 0 Å². The molecule has 4 N–H and O–H groups in total. The number of ether oxygens (including phenoxy) is 2. The molecule has 0 aliphatic rings. The monoisotopic (exact) mass is 783 g/mol. The summed E-state index contributed by atoms with van der Waals surface area (Å²) in [4.78, 5) is 39.4. The van der Waals surface area contributed by atoms with Crippen molar-refractivity contribution in [3.63, 3.8) is 0 Å². The van der Waals surface area contributed by atoms with Crippen LogP contribution in [0.25, 0.3) is 0 Å². The second-order valence-corrected chi connectivity index (χ2v) is 17.5. The van der Waals surface area contributed by atoms with E-state index in [-0.39, 0.29) is 66.1 Å². The molecule has 20 nitrogen and oxygen atoms in total. The largest absolute Gasteiger partial charge is 0.756 e. The van der Waals surface area contributed by atoms with Gasteiger partial charge in [-0.15, -0.1) is 0 Å². The molecule has 0 heterocycles. The molecule has 4 atom stereocenters. The maximum Gasteiger partial charge on any atom is 0.472 e. The lowest BCUT2D eigenvalue weighted by molar-refractivity contribution is -0.870. The molecule has 0 rings (SSSR count). The molecular weight excluding hydrogens is 719 g/mol.